The molecule has 1 aromatic rings. The number of rotatable bonds is 2. The number of nitriles is 1. The van der Waals surface area contributed by atoms with Crippen LogP contribution in [0.3, 0.4) is 0 Å². The second kappa shape index (κ2) is 4.20. The molecule has 1 N–H and O–H groups in total. The van der Waals surface area contributed by atoms with Crippen molar-refractivity contribution in [1.82, 2.24) is 4.98 Å². The van der Waals surface area contributed by atoms with Crippen molar-refractivity contribution in [2.45, 2.75) is 12.8 Å². The molecule has 0 atom stereocenters. The molecule has 0 aliphatic heterocycles. The summed E-state index contributed by atoms with van der Waals surface area (Å²) in [5, 5.41) is 7.94. The highest BCUT2D eigenvalue weighted by Gasteiger charge is 2.14. The van der Waals surface area contributed by atoms with E-state index in [2.05, 4.69) is 4.98 Å². The third kappa shape index (κ3) is 2.09. The van der Waals surface area contributed by atoms with Gasteiger partial charge in [0.1, 0.15) is 5.15 Å². The summed E-state index contributed by atoms with van der Waals surface area (Å²) in [7, 11) is 0. The Kier molecular flexibility index (Phi) is 3.20. The van der Waals surface area contributed by atoms with E-state index in [-0.39, 0.29) is 17.1 Å². The molecule has 74 valence electrons. The smallest absolute Gasteiger partial charge is 0.266 e. The van der Waals surface area contributed by atoms with Gasteiger partial charge in [0.05, 0.1) is 18.1 Å². The van der Waals surface area contributed by atoms with E-state index in [1.165, 1.54) is 0 Å². The molecule has 0 aromatic carbocycles. The molecule has 0 saturated carbocycles. The number of halogens is 3. The van der Waals surface area contributed by atoms with Crippen LogP contribution in [-0.2, 0) is 6.42 Å². The number of pyridine rings is 1. The van der Waals surface area contributed by atoms with E-state index < -0.39 is 17.5 Å². The van der Waals surface area contributed by atoms with Crippen LogP contribution < -0.4 is 5.56 Å². The highest BCUT2D eigenvalue weighted by atomic mass is 35.5. The zero-order valence-electron chi connectivity index (χ0n) is 6.85. The minimum Gasteiger partial charge on any atom is -0.312 e. The molecular weight excluding hydrogens is 214 g/mol. The van der Waals surface area contributed by atoms with E-state index in [1.807, 2.05) is 0 Å². The number of hydrogen-bond donors (Lipinski definition) is 1. The van der Waals surface area contributed by atoms with E-state index in [1.54, 1.807) is 6.07 Å². The van der Waals surface area contributed by atoms with Gasteiger partial charge in [0.25, 0.3) is 12.0 Å². The van der Waals surface area contributed by atoms with Crippen LogP contribution in [0.4, 0.5) is 8.78 Å². The Morgan fingerprint density at radius 2 is 2.29 bits per heavy atom. The molecule has 6 heteroatoms. The van der Waals surface area contributed by atoms with Gasteiger partial charge in [-0.05, 0) is 6.07 Å². The summed E-state index contributed by atoms with van der Waals surface area (Å²) in [5.41, 5.74) is -1.08. The molecule has 0 amide bonds. The second-order valence-corrected chi connectivity index (χ2v) is 2.91. The first-order valence-corrected chi connectivity index (χ1v) is 4.00. The summed E-state index contributed by atoms with van der Waals surface area (Å²) < 4.78 is 24.6. The first kappa shape index (κ1) is 10.7. The van der Waals surface area contributed by atoms with Gasteiger partial charge >= 0.3 is 0 Å². The topological polar surface area (TPSA) is 56.6 Å². The molecule has 0 fully saturated rings. The summed E-state index contributed by atoms with van der Waals surface area (Å²) in [4.78, 5) is 13.1. The average Bonchev–Trinajstić information content (AvgIpc) is 2.09. The van der Waals surface area contributed by atoms with E-state index in [9.17, 15) is 13.6 Å². The number of alkyl halides is 2. The van der Waals surface area contributed by atoms with Crippen molar-refractivity contribution >= 4 is 11.6 Å². The summed E-state index contributed by atoms with van der Waals surface area (Å²) in [5.74, 6) is 0. The average molecular weight is 219 g/mol. The highest BCUT2D eigenvalue weighted by Crippen LogP contribution is 2.24. The molecule has 0 radical (unpaired) electrons. The second-order valence-electron chi connectivity index (χ2n) is 2.53. The minimum absolute atomic E-state index is 0.00722. The Bertz CT molecular complexity index is 436. The summed E-state index contributed by atoms with van der Waals surface area (Å²) >= 11 is 5.38. The maximum atomic E-state index is 12.3. The SMILES string of the molecule is N#CCc1cc(C(F)F)c(Cl)[nH]c1=O. The molecule has 14 heavy (non-hydrogen) atoms. The fraction of sp³-hybridized carbons (Fsp3) is 0.250. The van der Waals surface area contributed by atoms with Crippen molar-refractivity contribution < 1.29 is 8.78 Å². The van der Waals surface area contributed by atoms with Crippen LogP contribution in [0, 0.1) is 11.3 Å². The minimum atomic E-state index is -2.77. The van der Waals surface area contributed by atoms with Crippen molar-refractivity contribution in [3.8, 4) is 6.07 Å². The number of nitrogens with zero attached hydrogens (tertiary/aromatic N) is 1. The molecule has 0 saturated heterocycles. The van der Waals surface area contributed by atoms with E-state index in [0.29, 0.717) is 0 Å². The van der Waals surface area contributed by atoms with Crippen molar-refractivity contribution in [3.63, 3.8) is 0 Å². The first-order valence-electron chi connectivity index (χ1n) is 3.63. The van der Waals surface area contributed by atoms with Crippen LogP contribution >= 0.6 is 11.6 Å². The van der Waals surface area contributed by atoms with Gasteiger partial charge in [0.15, 0.2) is 0 Å². The highest BCUT2D eigenvalue weighted by molar-refractivity contribution is 6.30. The monoisotopic (exact) mass is 218 g/mol. The molecule has 0 unspecified atom stereocenters. The van der Waals surface area contributed by atoms with Gasteiger partial charge in [-0.25, -0.2) is 8.78 Å². The summed E-state index contributed by atoms with van der Waals surface area (Å²) in [6.45, 7) is 0. The fourth-order valence-electron chi connectivity index (χ4n) is 0.944. The number of H-pyrrole nitrogens is 1. The predicted molar refractivity (Wildman–Crippen MR) is 46.3 cm³/mol. The Labute approximate surface area is 82.9 Å². The molecule has 0 bridgehead atoms. The molecule has 1 heterocycles. The number of nitrogens with one attached hydrogen (secondary N) is 1. The molecular formula is C8H5ClF2N2O. The van der Waals surface area contributed by atoms with Crippen LogP contribution in [-0.4, -0.2) is 4.98 Å². The van der Waals surface area contributed by atoms with Gasteiger partial charge < -0.3 is 4.98 Å². The third-order valence-corrected chi connectivity index (χ3v) is 1.92. The van der Waals surface area contributed by atoms with Gasteiger partial charge in [-0.15, -0.1) is 0 Å². The van der Waals surface area contributed by atoms with Crippen molar-refractivity contribution in [1.29, 1.82) is 5.26 Å². The van der Waals surface area contributed by atoms with E-state index >= 15 is 0 Å². The third-order valence-electron chi connectivity index (χ3n) is 1.60. The lowest BCUT2D eigenvalue weighted by Gasteiger charge is -2.03. The summed E-state index contributed by atoms with van der Waals surface area (Å²) in [6, 6.07) is 2.66. The Morgan fingerprint density at radius 3 is 2.79 bits per heavy atom. The van der Waals surface area contributed by atoms with Gasteiger partial charge in [-0.3, -0.25) is 4.79 Å². The molecule has 1 aromatic heterocycles. The maximum absolute atomic E-state index is 12.3. The van der Waals surface area contributed by atoms with Crippen molar-refractivity contribution in [2.75, 3.05) is 0 Å². The van der Waals surface area contributed by atoms with Crippen LogP contribution in [0.2, 0.25) is 5.15 Å². The fourth-order valence-corrected chi connectivity index (χ4v) is 1.17. The Hall–Kier alpha value is -1.41. The van der Waals surface area contributed by atoms with Crippen LogP contribution in [0.15, 0.2) is 10.9 Å². The predicted octanol–water partition coefficient (Wildman–Crippen LogP) is 2.03. The zero-order chi connectivity index (χ0) is 10.7. The Morgan fingerprint density at radius 1 is 1.64 bits per heavy atom. The lowest BCUT2D eigenvalue weighted by Crippen LogP contribution is -2.13. The normalized spacial score (nSPS) is 10.2. The number of hydrogen-bond acceptors (Lipinski definition) is 2. The van der Waals surface area contributed by atoms with E-state index in [0.717, 1.165) is 6.07 Å². The Balaban J connectivity index is 3.29. The van der Waals surface area contributed by atoms with Gasteiger partial charge in [0.2, 0.25) is 0 Å². The van der Waals surface area contributed by atoms with Gasteiger partial charge in [-0.2, -0.15) is 5.26 Å². The van der Waals surface area contributed by atoms with Gasteiger partial charge in [-0.1, -0.05) is 11.6 Å². The largest absolute Gasteiger partial charge is 0.312 e. The van der Waals surface area contributed by atoms with Crippen molar-refractivity contribution in [3.05, 3.63) is 32.7 Å². The lowest BCUT2D eigenvalue weighted by atomic mass is 10.1. The maximum Gasteiger partial charge on any atom is 0.266 e. The van der Waals surface area contributed by atoms with Crippen LogP contribution in [0.1, 0.15) is 17.6 Å². The van der Waals surface area contributed by atoms with Crippen LogP contribution in [0.25, 0.3) is 0 Å². The molecule has 0 spiro atoms. The molecule has 0 aliphatic carbocycles. The zero-order valence-corrected chi connectivity index (χ0v) is 7.61. The summed E-state index contributed by atoms with van der Waals surface area (Å²) in [6.07, 6.45) is -2.98. The van der Waals surface area contributed by atoms with E-state index in [4.69, 9.17) is 16.9 Å². The number of aromatic amines is 1. The molecule has 0 aliphatic rings. The lowest BCUT2D eigenvalue weighted by molar-refractivity contribution is 0.151. The van der Waals surface area contributed by atoms with Crippen LogP contribution in [0.5, 0.6) is 0 Å². The standard InChI is InChI=1S/C8H5ClF2N2O/c9-6-5(7(10)11)3-4(1-2-12)8(14)13-6/h3,7H,1H2,(H,13,14). The first-order chi connectivity index (χ1) is 6.56. The molecule has 1 rings (SSSR count). The molecule has 3 nitrogen and oxygen atoms in total. The number of aromatic nitrogens is 1. The van der Waals surface area contributed by atoms with Crippen molar-refractivity contribution in [2.24, 2.45) is 0 Å². The van der Waals surface area contributed by atoms with Gasteiger partial charge in [0, 0.05) is 5.56 Å². The quantitative estimate of drug-likeness (QED) is 0.773.